The molecular formula is C17H23ClN6O. The van der Waals surface area contributed by atoms with Crippen LogP contribution in [0.4, 0.5) is 5.82 Å². The lowest BCUT2D eigenvalue weighted by Crippen LogP contribution is -2.45. The first-order chi connectivity index (χ1) is 12.2. The number of carbonyl (C=O) groups excluding carboxylic acids is 1. The van der Waals surface area contributed by atoms with Crippen LogP contribution in [0.15, 0.2) is 12.3 Å². The molecule has 1 amide bonds. The van der Waals surface area contributed by atoms with Gasteiger partial charge in [0.05, 0.1) is 12.6 Å². The normalized spacial score (nSPS) is 26.2. The molecule has 2 aliphatic rings. The molecule has 1 unspecified atom stereocenters. The molecule has 8 heteroatoms. The average molecular weight is 363 g/mol. The van der Waals surface area contributed by atoms with Crippen molar-refractivity contribution in [3.8, 4) is 6.07 Å². The fourth-order valence-electron chi connectivity index (χ4n) is 3.60. The van der Waals surface area contributed by atoms with Gasteiger partial charge < -0.3 is 15.5 Å². The highest BCUT2D eigenvalue weighted by Gasteiger charge is 2.29. The molecule has 2 fully saturated rings. The van der Waals surface area contributed by atoms with Crippen LogP contribution in [-0.2, 0) is 4.79 Å². The van der Waals surface area contributed by atoms with Crippen molar-refractivity contribution in [2.24, 2.45) is 0 Å². The van der Waals surface area contributed by atoms with Crippen molar-refractivity contribution in [3.05, 3.63) is 17.5 Å². The van der Waals surface area contributed by atoms with Crippen molar-refractivity contribution in [2.75, 3.05) is 18.4 Å². The summed E-state index contributed by atoms with van der Waals surface area (Å²) in [5, 5.41) is 16.1. The van der Waals surface area contributed by atoms with E-state index < -0.39 is 0 Å². The summed E-state index contributed by atoms with van der Waals surface area (Å²) < 4.78 is 0. The maximum absolute atomic E-state index is 12.3. The van der Waals surface area contributed by atoms with Gasteiger partial charge in [-0.1, -0.05) is 0 Å². The first-order valence-electron chi connectivity index (χ1n) is 8.83. The summed E-state index contributed by atoms with van der Waals surface area (Å²) in [6, 6.07) is 4.50. The molecule has 1 atom stereocenters. The summed E-state index contributed by atoms with van der Waals surface area (Å²) in [7, 11) is 0. The predicted molar refractivity (Wildman–Crippen MR) is 95.1 cm³/mol. The Morgan fingerprint density at radius 1 is 1.32 bits per heavy atom. The zero-order chi connectivity index (χ0) is 17.6. The minimum atomic E-state index is -0.242. The number of anilines is 1. The Balaban J connectivity index is 1.39. The second-order valence-electron chi connectivity index (χ2n) is 6.66. The van der Waals surface area contributed by atoms with Gasteiger partial charge in [-0.3, -0.25) is 4.79 Å². The summed E-state index contributed by atoms with van der Waals surface area (Å²) >= 11 is 5.80. The van der Waals surface area contributed by atoms with Crippen molar-refractivity contribution in [1.29, 1.82) is 5.26 Å². The van der Waals surface area contributed by atoms with Crippen molar-refractivity contribution >= 4 is 23.3 Å². The van der Waals surface area contributed by atoms with Gasteiger partial charge in [-0.2, -0.15) is 5.26 Å². The molecule has 0 radical (unpaired) electrons. The minimum Gasteiger partial charge on any atom is -0.367 e. The standard InChI is InChI=1S/C17H23ClN6O/c18-17-20-8-7-15(23-17)22-13-5-3-12(4-6-13)21-11-16(25)24-9-1-2-14(24)10-19/h7-8,12-14,21H,1-6,9,11H2,(H,20,22,23). The maximum Gasteiger partial charge on any atom is 0.237 e. The Labute approximate surface area is 152 Å². The first kappa shape index (κ1) is 17.9. The van der Waals surface area contributed by atoms with E-state index in [9.17, 15) is 4.79 Å². The van der Waals surface area contributed by atoms with E-state index in [1.807, 2.05) is 6.07 Å². The molecule has 1 aromatic heterocycles. The Hall–Kier alpha value is -1.91. The van der Waals surface area contributed by atoms with Gasteiger partial charge in [0.2, 0.25) is 11.2 Å². The molecule has 1 aliphatic carbocycles. The van der Waals surface area contributed by atoms with E-state index in [-0.39, 0.29) is 17.2 Å². The molecule has 3 rings (SSSR count). The zero-order valence-corrected chi connectivity index (χ0v) is 14.9. The highest BCUT2D eigenvalue weighted by Crippen LogP contribution is 2.22. The van der Waals surface area contributed by atoms with Crippen LogP contribution in [0.1, 0.15) is 38.5 Å². The number of halogens is 1. The predicted octanol–water partition coefficient (Wildman–Crippen LogP) is 1.96. The number of likely N-dealkylation sites (tertiary alicyclic amines) is 1. The molecule has 134 valence electrons. The molecular weight excluding hydrogens is 340 g/mol. The van der Waals surface area contributed by atoms with Crippen LogP contribution in [0.3, 0.4) is 0 Å². The lowest BCUT2D eigenvalue weighted by atomic mass is 9.91. The van der Waals surface area contributed by atoms with Crippen LogP contribution < -0.4 is 10.6 Å². The lowest BCUT2D eigenvalue weighted by molar-refractivity contribution is -0.130. The van der Waals surface area contributed by atoms with Crippen molar-refractivity contribution < 1.29 is 4.79 Å². The van der Waals surface area contributed by atoms with Gasteiger partial charge in [0, 0.05) is 24.8 Å². The Bertz CT molecular complexity index is 640. The summed E-state index contributed by atoms with van der Waals surface area (Å²) in [6.07, 6.45) is 7.40. The molecule has 1 aliphatic heterocycles. The third-order valence-corrected chi connectivity index (χ3v) is 5.15. The molecule has 25 heavy (non-hydrogen) atoms. The van der Waals surface area contributed by atoms with E-state index in [4.69, 9.17) is 16.9 Å². The fourth-order valence-corrected chi connectivity index (χ4v) is 3.75. The molecule has 2 N–H and O–H groups in total. The van der Waals surface area contributed by atoms with Crippen LogP contribution in [0.25, 0.3) is 0 Å². The van der Waals surface area contributed by atoms with Gasteiger partial charge in [0.1, 0.15) is 11.9 Å². The van der Waals surface area contributed by atoms with Crippen molar-refractivity contribution in [3.63, 3.8) is 0 Å². The summed E-state index contributed by atoms with van der Waals surface area (Å²) in [4.78, 5) is 22.0. The van der Waals surface area contributed by atoms with Crippen LogP contribution >= 0.6 is 11.6 Å². The van der Waals surface area contributed by atoms with Crippen LogP contribution in [0.5, 0.6) is 0 Å². The monoisotopic (exact) mass is 362 g/mol. The summed E-state index contributed by atoms with van der Waals surface area (Å²) in [5.74, 6) is 0.795. The van der Waals surface area contributed by atoms with Crippen LogP contribution in [-0.4, -0.2) is 52.0 Å². The maximum atomic E-state index is 12.3. The van der Waals surface area contributed by atoms with Gasteiger partial charge in [0.15, 0.2) is 0 Å². The molecule has 0 bridgehead atoms. The van der Waals surface area contributed by atoms with Gasteiger partial charge in [-0.15, -0.1) is 0 Å². The Kier molecular flexibility index (Phi) is 6.05. The molecule has 0 spiro atoms. The van der Waals surface area contributed by atoms with E-state index in [1.54, 1.807) is 11.1 Å². The number of hydrogen-bond acceptors (Lipinski definition) is 6. The van der Waals surface area contributed by atoms with E-state index in [0.29, 0.717) is 25.2 Å². The molecule has 0 aromatic carbocycles. The Morgan fingerprint density at radius 3 is 2.80 bits per heavy atom. The smallest absolute Gasteiger partial charge is 0.237 e. The van der Waals surface area contributed by atoms with Crippen LogP contribution in [0, 0.1) is 11.3 Å². The summed E-state index contributed by atoms with van der Waals surface area (Å²) in [6.45, 7) is 1.03. The van der Waals surface area contributed by atoms with Gasteiger partial charge in [-0.25, -0.2) is 9.97 Å². The van der Waals surface area contributed by atoms with E-state index in [2.05, 4.69) is 26.7 Å². The lowest BCUT2D eigenvalue weighted by Gasteiger charge is -2.30. The first-order valence-corrected chi connectivity index (χ1v) is 9.21. The number of nitriles is 1. The van der Waals surface area contributed by atoms with Crippen molar-refractivity contribution in [1.82, 2.24) is 20.2 Å². The van der Waals surface area contributed by atoms with E-state index in [1.165, 1.54) is 0 Å². The van der Waals surface area contributed by atoms with Gasteiger partial charge in [0.25, 0.3) is 0 Å². The van der Waals surface area contributed by atoms with Gasteiger partial charge in [-0.05, 0) is 56.2 Å². The average Bonchev–Trinajstić information content (AvgIpc) is 3.10. The highest BCUT2D eigenvalue weighted by atomic mass is 35.5. The number of amides is 1. The molecule has 1 saturated heterocycles. The third kappa shape index (κ3) is 4.80. The molecule has 1 aromatic rings. The van der Waals surface area contributed by atoms with Crippen molar-refractivity contribution in [2.45, 2.75) is 56.7 Å². The fraction of sp³-hybridized carbons (Fsp3) is 0.647. The number of carbonyl (C=O) groups is 1. The van der Waals surface area contributed by atoms with Gasteiger partial charge >= 0.3 is 0 Å². The van der Waals surface area contributed by atoms with E-state index >= 15 is 0 Å². The zero-order valence-electron chi connectivity index (χ0n) is 14.1. The second-order valence-corrected chi connectivity index (χ2v) is 7.00. The number of nitrogens with one attached hydrogen (secondary N) is 2. The Morgan fingerprint density at radius 2 is 2.08 bits per heavy atom. The molecule has 1 saturated carbocycles. The minimum absolute atomic E-state index is 0.0416. The molecule has 7 nitrogen and oxygen atoms in total. The van der Waals surface area contributed by atoms with Crippen LogP contribution in [0.2, 0.25) is 5.28 Å². The SMILES string of the molecule is N#CC1CCCN1C(=O)CNC1CCC(Nc2ccnc(Cl)n2)CC1. The number of hydrogen-bond donors (Lipinski definition) is 2. The molecule has 2 heterocycles. The number of rotatable bonds is 5. The third-order valence-electron chi connectivity index (χ3n) is 4.97. The topological polar surface area (TPSA) is 93.9 Å². The number of aromatic nitrogens is 2. The second kappa shape index (κ2) is 8.45. The quantitative estimate of drug-likeness (QED) is 0.777. The summed E-state index contributed by atoms with van der Waals surface area (Å²) in [5.41, 5.74) is 0. The van der Waals surface area contributed by atoms with E-state index in [0.717, 1.165) is 44.3 Å². The highest BCUT2D eigenvalue weighted by molar-refractivity contribution is 6.28. The largest absolute Gasteiger partial charge is 0.367 e. The number of nitrogens with zero attached hydrogens (tertiary/aromatic N) is 4.